The normalized spacial score (nSPS) is 20.4. The number of carbonyl (C=O) groups is 1. The maximum absolute atomic E-state index is 10.8. The van der Waals surface area contributed by atoms with Gasteiger partial charge in [0.1, 0.15) is 5.75 Å². The van der Waals surface area contributed by atoms with Crippen molar-refractivity contribution in [2.45, 2.75) is 38.5 Å². The van der Waals surface area contributed by atoms with Crippen LogP contribution in [0.15, 0.2) is 18.2 Å². The Hall–Kier alpha value is -1.51. The quantitative estimate of drug-likeness (QED) is 0.872. The first-order valence-electron chi connectivity index (χ1n) is 6.63. The summed E-state index contributed by atoms with van der Waals surface area (Å²) in [5.74, 6) is 0.170. The number of hydrogen-bond acceptors (Lipinski definition) is 2. The van der Waals surface area contributed by atoms with E-state index in [2.05, 4.69) is 0 Å². The molecule has 3 heteroatoms. The van der Waals surface area contributed by atoms with Crippen LogP contribution in [0.3, 0.4) is 0 Å². The van der Waals surface area contributed by atoms with Crippen molar-refractivity contribution < 1.29 is 14.6 Å². The van der Waals surface area contributed by atoms with Crippen molar-refractivity contribution in [2.24, 2.45) is 5.41 Å². The number of ether oxygens (including phenoxy) is 1. The van der Waals surface area contributed by atoms with E-state index in [0.717, 1.165) is 24.3 Å². The molecule has 3 rings (SSSR count). The number of rotatable bonds is 2. The van der Waals surface area contributed by atoms with Crippen molar-refractivity contribution in [3.63, 3.8) is 0 Å². The topological polar surface area (TPSA) is 46.5 Å². The lowest BCUT2D eigenvalue weighted by molar-refractivity contribution is -0.136. The Morgan fingerprint density at radius 3 is 2.83 bits per heavy atom. The van der Waals surface area contributed by atoms with Crippen LogP contribution in [0, 0.1) is 5.41 Å². The summed E-state index contributed by atoms with van der Waals surface area (Å²) in [5.41, 5.74) is 2.40. The molecule has 0 atom stereocenters. The Morgan fingerprint density at radius 1 is 1.33 bits per heavy atom. The molecule has 0 amide bonds. The Bertz CT molecular complexity index is 473. The highest BCUT2D eigenvalue weighted by Crippen LogP contribution is 2.45. The summed E-state index contributed by atoms with van der Waals surface area (Å²) >= 11 is 0. The maximum atomic E-state index is 10.8. The molecule has 1 aromatic carbocycles. The monoisotopic (exact) mass is 246 g/mol. The van der Waals surface area contributed by atoms with Gasteiger partial charge in [0.15, 0.2) is 0 Å². The summed E-state index contributed by atoms with van der Waals surface area (Å²) in [6, 6.07) is 5.80. The maximum Gasteiger partial charge on any atom is 0.307 e. The molecule has 1 aliphatic heterocycles. The second-order valence-electron chi connectivity index (χ2n) is 5.69. The van der Waals surface area contributed by atoms with Crippen molar-refractivity contribution in [3.05, 3.63) is 29.3 Å². The van der Waals surface area contributed by atoms with Gasteiger partial charge in [-0.3, -0.25) is 4.79 Å². The van der Waals surface area contributed by atoms with Crippen LogP contribution in [0.5, 0.6) is 5.75 Å². The Balaban J connectivity index is 1.86. The first-order valence-corrected chi connectivity index (χ1v) is 6.63. The highest BCUT2D eigenvalue weighted by Gasteiger charge is 2.38. The summed E-state index contributed by atoms with van der Waals surface area (Å²) < 4.78 is 5.87. The first-order chi connectivity index (χ1) is 8.67. The molecule has 0 saturated heterocycles. The van der Waals surface area contributed by atoms with E-state index in [0.29, 0.717) is 5.41 Å². The van der Waals surface area contributed by atoms with Crippen molar-refractivity contribution in [3.8, 4) is 5.75 Å². The van der Waals surface area contributed by atoms with Crippen LogP contribution < -0.4 is 4.74 Å². The van der Waals surface area contributed by atoms with Gasteiger partial charge in [0.2, 0.25) is 0 Å². The molecule has 3 nitrogen and oxygen atoms in total. The molecule has 96 valence electrons. The molecular weight excluding hydrogens is 228 g/mol. The van der Waals surface area contributed by atoms with Gasteiger partial charge in [-0.1, -0.05) is 25.0 Å². The third-order valence-electron chi connectivity index (χ3n) is 4.24. The molecule has 1 heterocycles. The van der Waals surface area contributed by atoms with Crippen molar-refractivity contribution in [1.29, 1.82) is 0 Å². The second-order valence-corrected chi connectivity index (χ2v) is 5.69. The number of benzene rings is 1. The summed E-state index contributed by atoms with van der Waals surface area (Å²) in [7, 11) is 0. The molecule has 2 aliphatic rings. The lowest BCUT2D eigenvalue weighted by Crippen LogP contribution is -2.32. The van der Waals surface area contributed by atoms with E-state index < -0.39 is 5.97 Å². The zero-order valence-corrected chi connectivity index (χ0v) is 10.4. The van der Waals surface area contributed by atoms with Crippen LogP contribution in [0.25, 0.3) is 0 Å². The summed E-state index contributed by atoms with van der Waals surface area (Å²) in [6.07, 6.45) is 6.24. The fourth-order valence-electron chi connectivity index (χ4n) is 3.33. The molecule has 0 aromatic heterocycles. The Kier molecular flexibility index (Phi) is 2.77. The number of hydrogen-bond donors (Lipinski definition) is 1. The van der Waals surface area contributed by atoms with Crippen molar-refractivity contribution in [1.82, 2.24) is 0 Å². The lowest BCUT2D eigenvalue weighted by atomic mass is 9.78. The van der Waals surface area contributed by atoms with Gasteiger partial charge in [0.25, 0.3) is 0 Å². The smallest absolute Gasteiger partial charge is 0.307 e. The van der Waals surface area contributed by atoms with Gasteiger partial charge in [-0.2, -0.15) is 0 Å². The molecule has 1 N–H and O–H groups in total. The fourth-order valence-corrected chi connectivity index (χ4v) is 3.33. The van der Waals surface area contributed by atoms with Gasteiger partial charge in [-0.15, -0.1) is 0 Å². The molecule has 0 unspecified atom stereocenters. The van der Waals surface area contributed by atoms with Crippen LogP contribution in [-0.2, 0) is 17.6 Å². The standard InChI is InChI=1S/C15H18O3/c16-14(17)8-11-3-4-13-12(7-11)9-15(10-18-13)5-1-2-6-15/h3-4,7H,1-2,5-6,8-10H2,(H,16,17). The van der Waals surface area contributed by atoms with Crippen LogP contribution in [0.2, 0.25) is 0 Å². The van der Waals surface area contributed by atoms with E-state index in [-0.39, 0.29) is 6.42 Å². The van der Waals surface area contributed by atoms with Crippen LogP contribution >= 0.6 is 0 Å². The average molecular weight is 246 g/mol. The highest BCUT2D eigenvalue weighted by molar-refractivity contribution is 5.70. The first kappa shape index (κ1) is 11.6. The molecule has 0 bridgehead atoms. The molecular formula is C15H18O3. The third-order valence-corrected chi connectivity index (χ3v) is 4.24. The molecule has 18 heavy (non-hydrogen) atoms. The highest BCUT2D eigenvalue weighted by atomic mass is 16.5. The lowest BCUT2D eigenvalue weighted by Gasteiger charge is -2.34. The van der Waals surface area contributed by atoms with Gasteiger partial charge >= 0.3 is 5.97 Å². The SMILES string of the molecule is O=C(O)Cc1ccc2c(c1)CC1(CCCC1)CO2. The van der Waals surface area contributed by atoms with Gasteiger partial charge in [0.05, 0.1) is 13.0 Å². The molecule has 0 radical (unpaired) electrons. The summed E-state index contributed by atoms with van der Waals surface area (Å²) in [5, 5.41) is 8.84. The van der Waals surface area contributed by atoms with E-state index in [9.17, 15) is 4.79 Å². The minimum absolute atomic E-state index is 0.0975. The van der Waals surface area contributed by atoms with Crippen LogP contribution in [0.4, 0.5) is 0 Å². The van der Waals surface area contributed by atoms with E-state index in [4.69, 9.17) is 9.84 Å². The zero-order valence-electron chi connectivity index (χ0n) is 10.4. The Morgan fingerprint density at radius 2 is 2.11 bits per heavy atom. The summed E-state index contributed by atoms with van der Waals surface area (Å²) in [4.78, 5) is 10.8. The largest absolute Gasteiger partial charge is 0.493 e. The van der Waals surface area contributed by atoms with E-state index >= 15 is 0 Å². The van der Waals surface area contributed by atoms with Gasteiger partial charge < -0.3 is 9.84 Å². The predicted molar refractivity (Wildman–Crippen MR) is 67.9 cm³/mol. The van der Waals surface area contributed by atoms with Gasteiger partial charge in [-0.25, -0.2) is 0 Å². The van der Waals surface area contributed by atoms with Crippen LogP contribution in [0.1, 0.15) is 36.8 Å². The minimum Gasteiger partial charge on any atom is -0.493 e. The third kappa shape index (κ3) is 2.09. The second kappa shape index (κ2) is 4.30. The molecule has 1 saturated carbocycles. The van der Waals surface area contributed by atoms with E-state index in [1.165, 1.54) is 31.2 Å². The minimum atomic E-state index is -0.776. The van der Waals surface area contributed by atoms with Gasteiger partial charge in [-0.05, 0) is 36.5 Å². The predicted octanol–water partition coefficient (Wildman–Crippen LogP) is 2.81. The Labute approximate surface area is 107 Å². The van der Waals surface area contributed by atoms with E-state index in [1.54, 1.807) is 0 Å². The molecule has 1 spiro atoms. The van der Waals surface area contributed by atoms with Gasteiger partial charge in [0, 0.05) is 5.41 Å². The van der Waals surface area contributed by atoms with E-state index in [1.807, 2.05) is 18.2 Å². The van der Waals surface area contributed by atoms with Crippen molar-refractivity contribution >= 4 is 5.97 Å². The van der Waals surface area contributed by atoms with Crippen molar-refractivity contribution in [2.75, 3.05) is 6.61 Å². The molecule has 1 aliphatic carbocycles. The average Bonchev–Trinajstić information content (AvgIpc) is 2.76. The summed E-state index contributed by atoms with van der Waals surface area (Å²) in [6.45, 7) is 0.832. The number of fused-ring (bicyclic) bond motifs is 1. The number of aliphatic carboxylic acids is 1. The van der Waals surface area contributed by atoms with Crippen LogP contribution in [-0.4, -0.2) is 17.7 Å². The molecule has 1 aromatic rings. The fraction of sp³-hybridized carbons (Fsp3) is 0.533. The number of carboxylic acid groups (broad SMARTS) is 1. The number of carboxylic acids is 1. The molecule has 1 fully saturated rings. The zero-order chi connectivity index (χ0) is 12.6.